The SMILES string of the molecule is Cc1ccc(NC(=O)CC2CCNCC2)cc1C1CCN(Cc2ccc(Oc3cc(F)c(F)cc3F)cc2)CC1.Cl.Cl. The predicted molar refractivity (Wildman–Crippen MR) is 165 cm³/mol. The number of nitrogens with one attached hydrogen (secondary N) is 2. The molecule has 2 saturated heterocycles. The fourth-order valence-corrected chi connectivity index (χ4v) is 5.75. The minimum atomic E-state index is -1.25. The van der Waals surface area contributed by atoms with E-state index in [2.05, 4.69) is 34.6 Å². The molecule has 10 heteroatoms. The molecular weight excluding hydrogens is 586 g/mol. The van der Waals surface area contributed by atoms with Crippen LogP contribution in [0.4, 0.5) is 18.9 Å². The number of amides is 1. The van der Waals surface area contributed by atoms with Crippen molar-refractivity contribution in [3.8, 4) is 11.5 Å². The highest BCUT2D eigenvalue weighted by molar-refractivity contribution is 5.91. The molecule has 42 heavy (non-hydrogen) atoms. The van der Waals surface area contributed by atoms with Gasteiger partial charge in [-0.05, 0) is 112 Å². The van der Waals surface area contributed by atoms with Gasteiger partial charge >= 0.3 is 0 Å². The standard InChI is InChI=1S/C32H36F3N3O2.2ClH/c1-21-2-5-25(37-32(39)16-22-8-12-36-13-9-22)17-27(21)24-10-14-38(15-11-24)20-23-3-6-26(7-4-23)40-31-19-29(34)28(33)18-30(31)35;;/h2-7,17-19,22,24,36H,8-16,20H2,1H3,(H,37,39);2*1H. The van der Waals surface area contributed by atoms with Crippen LogP contribution in [0.15, 0.2) is 54.6 Å². The lowest BCUT2D eigenvalue weighted by Gasteiger charge is -2.33. The molecule has 1 amide bonds. The number of carbonyl (C=O) groups is 1. The van der Waals surface area contributed by atoms with Crippen LogP contribution in [0.5, 0.6) is 11.5 Å². The van der Waals surface area contributed by atoms with Crippen LogP contribution in [0.25, 0.3) is 0 Å². The molecule has 228 valence electrons. The van der Waals surface area contributed by atoms with E-state index in [1.165, 1.54) is 11.1 Å². The first-order chi connectivity index (χ1) is 19.3. The van der Waals surface area contributed by atoms with Crippen molar-refractivity contribution in [3.05, 3.63) is 88.7 Å². The number of benzene rings is 3. The van der Waals surface area contributed by atoms with E-state index in [-0.39, 0.29) is 36.5 Å². The number of halogens is 5. The number of hydrogen-bond donors (Lipinski definition) is 2. The molecule has 3 aromatic rings. The second-order valence-electron chi connectivity index (χ2n) is 11.0. The van der Waals surface area contributed by atoms with Crippen LogP contribution in [-0.2, 0) is 11.3 Å². The zero-order chi connectivity index (χ0) is 28.1. The van der Waals surface area contributed by atoms with E-state index in [1.807, 2.05) is 18.2 Å². The van der Waals surface area contributed by atoms with E-state index in [4.69, 9.17) is 4.74 Å². The number of carbonyl (C=O) groups excluding carboxylic acids is 1. The summed E-state index contributed by atoms with van der Waals surface area (Å²) in [7, 11) is 0. The van der Waals surface area contributed by atoms with E-state index in [0.29, 0.717) is 36.1 Å². The molecule has 0 bridgehead atoms. The van der Waals surface area contributed by atoms with Crippen molar-refractivity contribution in [2.45, 2.75) is 51.5 Å². The predicted octanol–water partition coefficient (Wildman–Crippen LogP) is 7.76. The van der Waals surface area contributed by atoms with Gasteiger partial charge in [-0.1, -0.05) is 18.2 Å². The van der Waals surface area contributed by atoms with Gasteiger partial charge in [-0.15, -0.1) is 24.8 Å². The Labute approximate surface area is 258 Å². The van der Waals surface area contributed by atoms with E-state index < -0.39 is 17.5 Å². The second-order valence-corrected chi connectivity index (χ2v) is 11.0. The largest absolute Gasteiger partial charge is 0.454 e. The van der Waals surface area contributed by atoms with E-state index in [1.54, 1.807) is 12.1 Å². The molecule has 0 spiro atoms. The number of hydrogen-bond acceptors (Lipinski definition) is 4. The van der Waals surface area contributed by atoms with Gasteiger partial charge in [-0.3, -0.25) is 9.69 Å². The summed E-state index contributed by atoms with van der Waals surface area (Å²) in [5, 5.41) is 6.48. The molecule has 2 N–H and O–H groups in total. The van der Waals surface area contributed by atoms with E-state index in [9.17, 15) is 18.0 Å². The van der Waals surface area contributed by atoms with Gasteiger partial charge in [0.25, 0.3) is 0 Å². The highest BCUT2D eigenvalue weighted by Gasteiger charge is 2.23. The minimum absolute atomic E-state index is 0. The molecule has 5 nitrogen and oxygen atoms in total. The molecule has 2 aliphatic heterocycles. The Kier molecular flexibility index (Phi) is 12.5. The normalized spacial score (nSPS) is 16.3. The molecule has 0 aromatic heterocycles. The van der Waals surface area contributed by atoms with Gasteiger partial charge in [-0.25, -0.2) is 13.2 Å². The summed E-state index contributed by atoms with van der Waals surface area (Å²) in [5.41, 5.74) is 4.53. The van der Waals surface area contributed by atoms with Gasteiger partial charge in [0.15, 0.2) is 23.2 Å². The Balaban J connectivity index is 0.00000242. The molecule has 2 heterocycles. The number of aryl methyl sites for hydroxylation is 1. The van der Waals surface area contributed by atoms with Crippen molar-refractivity contribution < 1.29 is 22.7 Å². The molecule has 0 saturated carbocycles. The Hall–Kier alpha value is -2.78. The summed E-state index contributed by atoms with van der Waals surface area (Å²) in [6.07, 6.45) is 4.76. The van der Waals surface area contributed by atoms with Crippen LogP contribution in [-0.4, -0.2) is 37.0 Å². The van der Waals surface area contributed by atoms with Gasteiger partial charge in [-0.2, -0.15) is 0 Å². The maximum absolute atomic E-state index is 13.9. The van der Waals surface area contributed by atoms with Crippen LogP contribution >= 0.6 is 24.8 Å². The number of rotatable bonds is 8. The van der Waals surface area contributed by atoms with Gasteiger partial charge in [0, 0.05) is 30.8 Å². The lowest BCUT2D eigenvalue weighted by Crippen LogP contribution is -2.32. The van der Waals surface area contributed by atoms with Crippen molar-refractivity contribution in [2.75, 3.05) is 31.5 Å². The molecule has 2 fully saturated rings. The number of likely N-dealkylation sites (tertiary alicyclic amines) is 1. The third kappa shape index (κ3) is 8.86. The molecular formula is C32H38Cl2F3N3O2. The lowest BCUT2D eigenvalue weighted by molar-refractivity contribution is -0.117. The summed E-state index contributed by atoms with van der Waals surface area (Å²) in [6, 6.07) is 14.7. The van der Waals surface area contributed by atoms with Crippen LogP contribution < -0.4 is 15.4 Å². The highest BCUT2D eigenvalue weighted by Crippen LogP contribution is 2.33. The average Bonchev–Trinajstić information content (AvgIpc) is 2.95. The first kappa shape index (κ1) is 33.7. The van der Waals surface area contributed by atoms with Crippen molar-refractivity contribution in [2.24, 2.45) is 5.92 Å². The molecule has 0 radical (unpaired) electrons. The van der Waals surface area contributed by atoms with Crippen LogP contribution in [0, 0.1) is 30.3 Å². The maximum atomic E-state index is 13.9. The molecule has 2 aliphatic rings. The fourth-order valence-electron chi connectivity index (χ4n) is 5.75. The van der Waals surface area contributed by atoms with Gasteiger partial charge in [0.2, 0.25) is 5.91 Å². The first-order valence-corrected chi connectivity index (χ1v) is 14.1. The smallest absolute Gasteiger partial charge is 0.224 e. The first-order valence-electron chi connectivity index (χ1n) is 14.1. The molecule has 0 unspecified atom stereocenters. The Morgan fingerprint density at radius 1 is 0.905 bits per heavy atom. The van der Waals surface area contributed by atoms with E-state index in [0.717, 1.165) is 69.7 Å². The number of nitrogens with zero attached hydrogens (tertiary/aromatic N) is 1. The highest BCUT2D eigenvalue weighted by atomic mass is 35.5. The number of piperidine rings is 2. The summed E-state index contributed by atoms with van der Waals surface area (Å²) in [6.45, 7) is 6.80. The third-order valence-electron chi connectivity index (χ3n) is 8.06. The molecule has 3 aromatic carbocycles. The van der Waals surface area contributed by atoms with E-state index >= 15 is 0 Å². The minimum Gasteiger partial charge on any atom is -0.454 e. The Morgan fingerprint density at radius 3 is 2.26 bits per heavy atom. The van der Waals surface area contributed by atoms with Crippen molar-refractivity contribution >= 4 is 36.4 Å². The zero-order valence-electron chi connectivity index (χ0n) is 23.6. The molecule has 0 atom stereocenters. The average molecular weight is 625 g/mol. The van der Waals surface area contributed by atoms with Crippen LogP contribution in [0.2, 0.25) is 0 Å². The van der Waals surface area contributed by atoms with Crippen LogP contribution in [0.3, 0.4) is 0 Å². The number of anilines is 1. The Morgan fingerprint density at radius 2 is 1.57 bits per heavy atom. The van der Waals surface area contributed by atoms with Crippen molar-refractivity contribution in [3.63, 3.8) is 0 Å². The second kappa shape index (κ2) is 15.6. The molecule has 5 rings (SSSR count). The summed E-state index contributed by atoms with van der Waals surface area (Å²) in [4.78, 5) is 15.0. The van der Waals surface area contributed by atoms with Crippen molar-refractivity contribution in [1.29, 1.82) is 0 Å². The van der Waals surface area contributed by atoms with Gasteiger partial charge in [0.05, 0.1) is 0 Å². The monoisotopic (exact) mass is 623 g/mol. The summed E-state index contributed by atoms with van der Waals surface area (Å²) < 4.78 is 45.9. The third-order valence-corrected chi connectivity index (χ3v) is 8.06. The zero-order valence-corrected chi connectivity index (χ0v) is 25.3. The Bertz CT molecular complexity index is 1330. The summed E-state index contributed by atoms with van der Waals surface area (Å²) >= 11 is 0. The quantitative estimate of drug-likeness (QED) is 0.252. The topological polar surface area (TPSA) is 53.6 Å². The van der Waals surface area contributed by atoms with Gasteiger partial charge < -0.3 is 15.4 Å². The molecule has 0 aliphatic carbocycles. The number of ether oxygens (including phenoxy) is 1. The summed E-state index contributed by atoms with van der Waals surface area (Å²) in [5.74, 6) is -2.35. The van der Waals surface area contributed by atoms with Gasteiger partial charge in [0.1, 0.15) is 5.75 Å². The fraction of sp³-hybridized carbons (Fsp3) is 0.406. The lowest BCUT2D eigenvalue weighted by atomic mass is 9.86. The maximum Gasteiger partial charge on any atom is 0.224 e. The van der Waals surface area contributed by atoms with Crippen LogP contribution in [0.1, 0.15) is 54.7 Å². The van der Waals surface area contributed by atoms with Crippen molar-refractivity contribution in [1.82, 2.24) is 10.2 Å².